The number of nitrogens with two attached hydrogens (primary N) is 1. The van der Waals surface area contributed by atoms with Gasteiger partial charge in [-0.2, -0.15) is 5.10 Å². The van der Waals surface area contributed by atoms with Crippen LogP contribution in [0.15, 0.2) is 59.2 Å². The van der Waals surface area contributed by atoms with E-state index in [9.17, 15) is 4.39 Å². The van der Waals surface area contributed by atoms with E-state index in [2.05, 4.69) is 20.4 Å². The minimum Gasteiger partial charge on any atom is -0.303 e. The van der Waals surface area contributed by atoms with Crippen molar-refractivity contribution in [2.75, 3.05) is 19.6 Å². The molecule has 0 radical (unpaired) electrons. The summed E-state index contributed by atoms with van der Waals surface area (Å²) in [6.45, 7) is 4.77. The molecule has 0 unspecified atom stereocenters. The minimum atomic E-state index is -0.240. The van der Waals surface area contributed by atoms with Gasteiger partial charge in [0.1, 0.15) is 23.5 Å². The third-order valence-corrected chi connectivity index (χ3v) is 6.13. The van der Waals surface area contributed by atoms with E-state index in [1.54, 1.807) is 24.7 Å². The number of aliphatic imine (C=N–C) groups is 1. The molecule has 9 heteroatoms. The van der Waals surface area contributed by atoms with Gasteiger partial charge in [0.15, 0.2) is 0 Å². The zero-order valence-corrected chi connectivity index (χ0v) is 18.1. The number of piperidine rings is 1. The molecule has 4 heterocycles. The van der Waals surface area contributed by atoms with Crippen LogP contribution in [0.5, 0.6) is 0 Å². The van der Waals surface area contributed by atoms with Crippen LogP contribution in [-0.4, -0.2) is 50.7 Å². The Morgan fingerprint density at radius 3 is 2.78 bits per heavy atom. The lowest BCUT2D eigenvalue weighted by Crippen LogP contribution is -2.33. The van der Waals surface area contributed by atoms with Gasteiger partial charge >= 0.3 is 0 Å². The van der Waals surface area contributed by atoms with Crippen molar-refractivity contribution >= 4 is 12.0 Å². The van der Waals surface area contributed by atoms with E-state index in [4.69, 9.17) is 5.84 Å². The Balaban J connectivity index is 1.29. The summed E-state index contributed by atoms with van der Waals surface area (Å²) in [7, 11) is 0. The molecule has 3 N–H and O–H groups in total. The van der Waals surface area contributed by atoms with Crippen molar-refractivity contribution in [1.29, 1.82) is 0 Å². The van der Waals surface area contributed by atoms with E-state index in [1.807, 2.05) is 28.2 Å². The van der Waals surface area contributed by atoms with Gasteiger partial charge in [0, 0.05) is 30.1 Å². The lowest BCUT2D eigenvalue weighted by atomic mass is 10.1. The predicted molar refractivity (Wildman–Crippen MR) is 122 cm³/mol. The van der Waals surface area contributed by atoms with Crippen molar-refractivity contribution in [2.45, 2.75) is 38.8 Å². The normalized spacial score (nSPS) is 18.8. The summed E-state index contributed by atoms with van der Waals surface area (Å²) in [4.78, 5) is 7.07. The summed E-state index contributed by atoms with van der Waals surface area (Å²) in [5.74, 6) is 5.68. The Morgan fingerprint density at radius 2 is 1.94 bits per heavy atom. The number of nitrogens with zero attached hydrogens (tertiary/aromatic N) is 6. The molecule has 0 aliphatic carbocycles. The van der Waals surface area contributed by atoms with Crippen molar-refractivity contribution in [3.8, 4) is 0 Å². The standard InChI is InChI=1S/C23H29FN8/c24-20-8-3-2-7-18(20)15-32-21-16-30(25)17-26-23(21)22(28-32)19-13-27-31(14-19)12-6-11-29-9-4-1-5-10-29/h2-3,7-8,13-14,16-17,28H,1,4-6,9-12,15,25H2. The third-order valence-electron chi connectivity index (χ3n) is 6.13. The molecular weight excluding hydrogens is 407 g/mol. The Bertz CT molecular complexity index is 1050. The van der Waals surface area contributed by atoms with Gasteiger partial charge in [-0.25, -0.2) is 15.2 Å². The quantitative estimate of drug-likeness (QED) is 0.650. The maximum atomic E-state index is 14.3. The fourth-order valence-corrected chi connectivity index (χ4v) is 4.44. The summed E-state index contributed by atoms with van der Waals surface area (Å²) in [6, 6.07) is 6.77. The lowest BCUT2D eigenvalue weighted by Gasteiger charge is -2.26. The summed E-state index contributed by atoms with van der Waals surface area (Å²) in [6.07, 6.45) is 12.3. The number of hydrogen-bond acceptors (Lipinski definition) is 7. The molecule has 0 amide bonds. The van der Waals surface area contributed by atoms with Gasteiger partial charge in [-0.3, -0.25) is 20.1 Å². The average Bonchev–Trinajstić information content (AvgIpc) is 3.41. The Kier molecular flexibility index (Phi) is 5.91. The van der Waals surface area contributed by atoms with Crippen LogP contribution in [0.1, 0.15) is 36.8 Å². The van der Waals surface area contributed by atoms with Crippen molar-refractivity contribution in [3.63, 3.8) is 0 Å². The number of benzene rings is 1. The fourth-order valence-electron chi connectivity index (χ4n) is 4.44. The first-order chi connectivity index (χ1) is 15.7. The predicted octanol–water partition coefficient (Wildman–Crippen LogP) is 2.65. The number of fused-ring (bicyclic) bond motifs is 1. The number of rotatable bonds is 7. The van der Waals surface area contributed by atoms with Crippen molar-refractivity contribution in [1.82, 2.24) is 30.1 Å². The number of aromatic nitrogens is 2. The number of nitrogens with one attached hydrogen (secondary N) is 1. The van der Waals surface area contributed by atoms with Crippen molar-refractivity contribution in [3.05, 3.63) is 71.2 Å². The Morgan fingerprint density at radius 1 is 1.09 bits per heavy atom. The first-order valence-corrected chi connectivity index (χ1v) is 11.2. The van der Waals surface area contributed by atoms with Crippen LogP contribution in [-0.2, 0) is 13.1 Å². The summed E-state index contributed by atoms with van der Waals surface area (Å²) < 4.78 is 16.2. The molecule has 3 aliphatic rings. The van der Waals surface area contributed by atoms with Gasteiger partial charge in [-0.15, -0.1) is 0 Å². The molecule has 1 aromatic carbocycles. The molecule has 5 rings (SSSR count). The highest BCUT2D eigenvalue weighted by molar-refractivity contribution is 5.77. The second kappa shape index (κ2) is 9.13. The number of hydrazine groups is 2. The maximum Gasteiger partial charge on any atom is 0.128 e. The van der Waals surface area contributed by atoms with Gasteiger partial charge in [0.25, 0.3) is 0 Å². The molecule has 0 bridgehead atoms. The van der Waals surface area contributed by atoms with E-state index >= 15 is 0 Å². The molecule has 8 nitrogen and oxygen atoms in total. The zero-order valence-electron chi connectivity index (χ0n) is 18.1. The highest BCUT2D eigenvalue weighted by Crippen LogP contribution is 2.34. The molecule has 168 valence electrons. The molecule has 2 aromatic rings. The van der Waals surface area contributed by atoms with Gasteiger partial charge in [-0.05, 0) is 45.0 Å². The van der Waals surface area contributed by atoms with E-state index in [0.717, 1.165) is 42.2 Å². The Labute approximate surface area is 187 Å². The topological polar surface area (TPSA) is 77.9 Å². The molecule has 1 fully saturated rings. The van der Waals surface area contributed by atoms with E-state index in [0.29, 0.717) is 12.1 Å². The van der Waals surface area contributed by atoms with Crippen molar-refractivity contribution < 1.29 is 4.39 Å². The average molecular weight is 437 g/mol. The van der Waals surface area contributed by atoms with E-state index in [-0.39, 0.29) is 5.82 Å². The molecule has 0 spiro atoms. The molecule has 0 saturated carbocycles. The van der Waals surface area contributed by atoms with E-state index < -0.39 is 0 Å². The molecular formula is C23H29FN8. The van der Waals surface area contributed by atoms with E-state index in [1.165, 1.54) is 43.4 Å². The molecule has 3 aliphatic heterocycles. The number of likely N-dealkylation sites (tertiary alicyclic amines) is 1. The monoisotopic (exact) mass is 436 g/mol. The van der Waals surface area contributed by atoms with Crippen LogP contribution in [0.3, 0.4) is 0 Å². The zero-order chi connectivity index (χ0) is 21.9. The Hall–Kier alpha value is -3.17. The largest absolute Gasteiger partial charge is 0.303 e. The van der Waals surface area contributed by atoms with Gasteiger partial charge in [-0.1, -0.05) is 24.6 Å². The van der Waals surface area contributed by atoms with Gasteiger partial charge in [0.2, 0.25) is 0 Å². The fraction of sp³-hybridized carbons (Fsp3) is 0.391. The summed E-state index contributed by atoms with van der Waals surface area (Å²) >= 11 is 0. The van der Waals surface area contributed by atoms with Crippen LogP contribution in [0.4, 0.5) is 4.39 Å². The van der Waals surface area contributed by atoms with Crippen LogP contribution in [0.2, 0.25) is 0 Å². The smallest absolute Gasteiger partial charge is 0.128 e. The molecule has 32 heavy (non-hydrogen) atoms. The number of hydrogen-bond donors (Lipinski definition) is 2. The minimum absolute atomic E-state index is 0.240. The first-order valence-electron chi connectivity index (χ1n) is 11.2. The van der Waals surface area contributed by atoms with Crippen LogP contribution < -0.4 is 11.3 Å². The molecule has 0 atom stereocenters. The third kappa shape index (κ3) is 4.39. The first kappa shape index (κ1) is 20.7. The highest BCUT2D eigenvalue weighted by Gasteiger charge is 2.30. The number of aryl methyl sites for hydroxylation is 1. The van der Waals surface area contributed by atoms with Crippen LogP contribution in [0, 0.1) is 5.82 Å². The highest BCUT2D eigenvalue weighted by atomic mass is 19.1. The number of halogens is 1. The summed E-state index contributed by atoms with van der Waals surface area (Å²) in [5.41, 5.74) is 7.34. The molecule has 1 saturated heterocycles. The van der Waals surface area contributed by atoms with Crippen molar-refractivity contribution in [2.24, 2.45) is 10.8 Å². The molecule has 1 aromatic heterocycles. The second-order valence-corrected chi connectivity index (χ2v) is 8.47. The van der Waals surface area contributed by atoms with Gasteiger partial charge < -0.3 is 4.90 Å². The van der Waals surface area contributed by atoms with Gasteiger partial charge in [0.05, 0.1) is 18.4 Å². The lowest BCUT2D eigenvalue weighted by molar-refractivity contribution is 0.222. The van der Waals surface area contributed by atoms with Crippen LogP contribution >= 0.6 is 0 Å². The second-order valence-electron chi connectivity index (χ2n) is 8.47. The maximum absolute atomic E-state index is 14.3. The SMILES string of the molecule is NN1C=NC2=C(c3cnn(CCCN4CCCCC4)c3)NN(Cc3ccccc3F)C2=C1. The summed E-state index contributed by atoms with van der Waals surface area (Å²) in [5, 5.41) is 7.83. The van der Waals surface area contributed by atoms with Crippen LogP contribution in [0.25, 0.3) is 5.70 Å².